The van der Waals surface area contributed by atoms with Crippen LogP contribution in [0.15, 0.2) is 22.8 Å². The van der Waals surface area contributed by atoms with Gasteiger partial charge >= 0.3 is 12.1 Å². The third kappa shape index (κ3) is 4.48. The van der Waals surface area contributed by atoms with Gasteiger partial charge in [0, 0.05) is 0 Å². The molecule has 1 aromatic heterocycles. The van der Waals surface area contributed by atoms with E-state index in [2.05, 4.69) is 0 Å². The van der Waals surface area contributed by atoms with E-state index in [1.807, 2.05) is 0 Å². The molecule has 0 bridgehead atoms. The lowest BCUT2D eigenvalue weighted by molar-refractivity contribution is -0.144. The smallest absolute Gasteiger partial charge is 0.410 e. The van der Waals surface area contributed by atoms with Gasteiger partial charge in [0.2, 0.25) is 0 Å². The maximum absolute atomic E-state index is 11.7. The molecule has 1 aromatic rings. The van der Waals surface area contributed by atoms with E-state index >= 15 is 0 Å². The van der Waals surface area contributed by atoms with Crippen molar-refractivity contribution in [3.63, 3.8) is 0 Å². The molecule has 0 saturated heterocycles. The first-order valence-corrected chi connectivity index (χ1v) is 5.77. The average molecular weight is 255 g/mol. The Balaban J connectivity index is 2.62. The number of furan rings is 1. The fourth-order valence-corrected chi connectivity index (χ4v) is 1.35. The van der Waals surface area contributed by atoms with Gasteiger partial charge in [-0.2, -0.15) is 0 Å². The summed E-state index contributed by atoms with van der Waals surface area (Å²) in [6.07, 6.45) is 0.935. The predicted octanol–water partition coefficient (Wildman–Crippen LogP) is 1.80. The number of rotatable bonds is 6. The summed E-state index contributed by atoms with van der Waals surface area (Å²) in [5.41, 5.74) is 0. The molecule has 0 aromatic carbocycles. The summed E-state index contributed by atoms with van der Waals surface area (Å²) >= 11 is 0. The first kappa shape index (κ1) is 14.1. The molecule has 18 heavy (non-hydrogen) atoms. The number of hydrogen-bond donors (Lipinski definition) is 0. The lowest BCUT2D eigenvalue weighted by Crippen LogP contribution is -2.36. The van der Waals surface area contributed by atoms with E-state index in [-0.39, 0.29) is 26.3 Å². The van der Waals surface area contributed by atoms with E-state index in [0.717, 1.165) is 0 Å². The van der Waals surface area contributed by atoms with Gasteiger partial charge in [-0.25, -0.2) is 4.79 Å². The minimum atomic E-state index is -0.568. The molecule has 0 aliphatic rings. The molecule has 100 valence electrons. The van der Waals surface area contributed by atoms with Gasteiger partial charge in [0.1, 0.15) is 12.3 Å². The van der Waals surface area contributed by atoms with Gasteiger partial charge < -0.3 is 13.9 Å². The van der Waals surface area contributed by atoms with Crippen molar-refractivity contribution < 1.29 is 23.5 Å². The number of carbonyl (C=O) groups is 2. The van der Waals surface area contributed by atoms with Crippen molar-refractivity contribution in [1.29, 1.82) is 0 Å². The van der Waals surface area contributed by atoms with Crippen LogP contribution in [0.1, 0.15) is 19.6 Å². The van der Waals surface area contributed by atoms with Crippen LogP contribution in [0.25, 0.3) is 0 Å². The van der Waals surface area contributed by atoms with Gasteiger partial charge in [0.15, 0.2) is 0 Å². The Morgan fingerprint density at radius 3 is 2.56 bits per heavy atom. The third-order valence-electron chi connectivity index (χ3n) is 2.08. The van der Waals surface area contributed by atoms with Crippen LogP contribution in [-0.2, 0) is 20.8 Å². The molecule has 0 N–H and O–H groups in total. The zero-order chi connectivity index (χ0) is 13.4. The second-order valence-corrected chi connectivity index (χ2v) is 3.44. The van der Waals surface area contributed by atoms with Crippen LogP contribution in [0.4, 0.5) is 4.79 Å². The van der Waals surface area contributed by atoms with Crippen LogP contribution in [-0.4, -0.2) is 36.7 Å². The Hall–Kier alpha value is -1.98. The van der Waals surface area contributed by atoms with Gasteiger partial charge in [0.05, 0.1) is 26.0 Å². The number of hydrogen-bond acceptors (Lipinski definition) is 5. The van der Waals surface area contributed by atoms with E-state index in [1.54, 1.807) is 26.0 Å². The van der Waals surface area contributed by atoms with Crippen molar-refractivity contribution in [2.45, 2.75) is 20.4 Å². The highest BCUT2D eigenvalue weighted by molar-refractivity contribution is 5.78. The largest absolute Gasteiger partial charge is 0.467 e. The highest BCUT2D eigenvalue weighted by Gasteiger charge is 2.20. The fraction of sp³-hybridized carbons (Fsp3) is 0.500. The number of carbonyl (C=O) groups excluding carboxylic acids is 2. The highest BCUT2D eigenvalue weighted by Crippen LogP contribution is 2.07. The monoisotopic (exact) mass is 255 g/mol. The maximum atomic E-state index is 11.7. The first-order valence-electron chi connectivity index (χ1n) is 5.77. The van der Waals surface area contributed by atoms with Crippen LogP contribution in [0, 0.1) is 0 Å². The average Bonchev–Trinajstić information content (AvgIpc) is 2.81. The molecule has 0 saturated carbocycles. The topological polar surface area (TPSA) is 69.0 Å². The second kappa shape index (κ2) is 7.37. The summed E-state index contributed by atoms with van der Waals surface area (Å²) in [6, 6.07) is 3.43. The number of amides is 1. The van der Waals surface area contributed by atoms with E-state index in [1.165, 1.54) is 11.2 Å². The Bertz CT molecular complexity index is 374. The van der Waals surface area contributed by atoms with Crippen LogP contribution in [0.3, 0.4) is 0 Å². The quantitative estimate of drug-likeness (QED) is 0.725. The zero-order valence-corrected chi connectivity index (χ0v) is 10.5. The number of nitrogens with zero attached hydrogens (tertiary/aromatic N) is 1. The summed E-state index contributed by atoms with van der Waals surface area (Å²) in [5.74, 6) is 0.101. The van der Waals surface area contributed by atoms with Gasteiger partial charge in [-0.05, 0) is 26.0 Å². The van der Waals surface area contributed by atoms with Crippen LogP contribution >= 0.6 is 0 Å². The van der Waals surface area contributed by atoms with Gasteiger partial charge in [0.25, 0.3) is 0 Å². The molecule has 6 heteroatoms. The standard InChI is InChI=1S/C12H17NO5/c1-3-16-11(14)9-13(12(15)17-4-2)8-10-6-5-7-18-10/h5-7H,3-4,8-9H2,1-2H3. The lowest BCUT2D eigenvalue weighted by Gasteiger charge is -2.19. The molecule has 1 heterocycles. The molecular formula is C12H17NO5. The molecular weight excluding hydrogens is 238 g/mol. The Labute approximate surface area is 105 Å². The third-order valence-corrected chi connectivity index (χ3v) is 2.08. The molecule has 1 amide bonds. The van der Waals surface area contributed by atoms with Crippen molar-refractivity contribution in [2.24, 2.45) is 0 Å². The molecule has 0 aliphatic heterocycles. The van der Waals surface area contributed by atoms with Crippen molar-refractivity contribution >= 4 is 12.1 Å². The highest BCUT2D eigenvalue weighted by atomic mass is 16.6. The summed E-state index contributed by atoms with van der Waals surface area (Å²) in [5, 5.41) is 0. The van der Waals surface area contributed by atoms with Gasteiger partial charge in [-0.1, -0.05) is 0 Å². The van der Waals surface area contributed by atoms with Crippen molar-refractivity contribution in [1.82, 2.24) is 4.90 Å². The maximum Gasteiger partial charge on any atom is 0.410 e. The van der Waals surface area contributed by atoms with Crippen LogP contribution in [0.5, 0.6) is 0 Å². The van der Waals surface area contributed by atoms with Gasteiger partial charge in [-0.15, -0.1) is 0 Å². The number of ether oxygens (including phenoxy) is 2. The van der Waals surface area contributed by atoms with E-state index < -0.39 is 12.1 Å². The summed E-state index contributed by atoms with van der Waals surface area (Å²) < 4.78 is 14.8. The van der Waals surface area contributed by atoms with E-state index in [0.29, 0.717) is 5.76 Å². The molecule has 0 unspecified atom stereocenters. The first-order chi connectivity index (χ1) is 8.67. The minimum absolute atomic E-state index is 0.159. The van der Waals surface area contributed by atoms with Crippen LogP contribution in [0.2, 0.25) is 0 Å². The predicted molar refractivity (Wildman–Crippen MR) is 62.8 cm³/mol. The molecule has 0 spiro atoms. The second-order valence-electron chi connectivity index (χ2n) is 3.44. The van der Waals surface area contributed by atoms with Crippen molar-refractivity contribution in [2.75, 3.05) is 19.8 Å². The Morgan fingerprint density at radius 1 is 1.28 bits per heavy atom. The molecule has 0 aliphatic carbocycles. The SMILES string of the molecule is CCOC(=O)CN(Cc1ccco1)C(=O)OCC. The van der Waals surface area contributed by atoms with Crippen LogP contribution < -0.4 is 0 Å². The molecule has 0 radical (unpaired) electrons. The number of esters is 1. The fourth-order valence-electron chi connectivity index (χ4n) is 1.35. The molecule has 0 atom stereocenters. The van der Waals surface area contributed by atoms with Crippen molar-refractivity contribution in [3.05, 3.63) is 24.2 Å². The normalized spacial score (nSPS) is 9.89. The Kier molecular flexibility index (Phi) is 5.76. The molecule has 6 nitrogen and oxygen atoms in total. The van der Waals surface area contributed by atoms with Gasteiger partial charge in [-0.3, -0.25) is 9.69 Å². The van der Waals surface area contributed by atoms with E-state index in [4.69, 9.17) is 13.9 Å². The van der Waals surface area contributed by atoms with Crippen molar-refractivity contribution in [3.8, 4) is 0 Å². The zero-order valence-electron chi connectivity index (χ0n) is 10.5. The molecule has 0 fully saturated rings. The summed E-state index contributed by atoms with van der Waals surface area (Å²) in [6.45, 7) is 3.94. The Morgan fingerprint density at radius 2 is 2.00 bits per heavy atom. The minimum Gasteiger partial charge on any atom is -0.467 e. The van der Waals surface area contributed by atoms with E-state index in [9.17, 15) is 9.59 Å². The lowest BCUT2D eigenvalue weighted by atomic mass is 10.4. The molecule has 1 rings (SSSR count). The summed E-state index contributed by atoms with van der Waals surface area (Å²) in [7, 11) is 0. The summed E-state index contributed by atoms with van der Waals surface area (Å²) in [4.78, 5) is 24.3.